The molecule has 0 saturated heterocycles. The maximum atomic E-state index is 13.3. The van der Waals surface area contributed by atoms with E-state index in [0.717, 1.165) is 6.07 Å². The molecule has 0 aliphatic heterocycles. The number of hydrogen-bond donors (Lipinski definition) is 2. The first kappa shape index (κ1) is 17.7. The zero-order valence-electron chi connectivity index (χ0n) is 11.6. The summed E-state index contributed by atoms with van der Waals surface area (Å²) in [6, 6.07) is 3.97. The first-order chi connectivity index (χ1) is 10.2. The Morgan fingerprint density at radius 1 is 1.18 bits per heavy atom. The summed E-state index contributed by atoms with van der Waals surface area (Å²) in [5.41, 5.74) is 0.520. The second kappa shape index (κ2) is 7.58. The monoisotopic (exact) mass is 318 g/mol. The number of alkyl halides is 3. The van der Waals surface area contributed by atoms with Crippen LogP contribution >= 0.6 is 0 Å². The number of amides is 2. The molecule has 0 aromatic heterocycles. The molecule has 120 valence electrons. The number of allylic oxidation sites excluding steroid dienone is 1. The minimum atomic E-state index is -4.55. The smallest absolute Gasteiger partial charge is 0.351 e. The van der Waals surface area contributed by atoms with E-state index in [2.05, 4.69) is 10.6 Å². The number of aryl methyl sites for hydroxylation is 1. The Hall–Kier alpha value is -2.38. The van der Waals surface area contributed by atoms with Crippen molar-refractivity contribution in [2.24, 2.45) is 0 Å². The predicted octanol–water partition coefficient (Wildman–Crippen LogP) is 2.10. The Kier molecular flexibility index (Phi) is 6.09. The number of rotatable bonds is 5. The van der Waals surface area contributed by atoms with E-state index in [-0.39, 0.29) is 24.7 Å². The van der Waals surface area contributed by atoms with Crippen LogP contribution in [0.25, 0.3) is 0 Å². The second-order valence-corrected chi connectivity index (χ2v) is 4.39. The molecule has 0 heterocycles. The van der Waals surface area contributed by atoms with Crippen molar-refractivity contribution in [3.05, 3.63) is 47.3 Å². The number of carbonyl (C=O) groups excluding carboxylic acids is 2. The van der Waals surface area contributed by atoms with Gasteiger partial charge in [-0.2, -0.15) is 13.2 Å². The van der Waals surface area contributed by atoms with Gasteiger partial charge in [-0.3, -0.25) is 9.59 Å². The molecule has 8 heteroatoms. The summed E-state index contributed by atoms with van der Waals surface area (Å²) in [4.78, 5) is 22.7. The second-order valence-electron chi connectivity index (χ2n) is 4.39. The molecule has 0 saturated carbocycles. The Balaban J connectivity index is 2.35. The van der Waals surface area contributed by atoms with Gasteiger partial charge in [-0.15, -0.1) is 0 Å². The van der Waals surface area contributed by atoms with Crippen LogP contribution in [0.1, 0.15) is 15.9 Å². The van der Waals surface area contributed by atoms with Gasteiger partial charge in [-0.1, -0.05) is 6.07 Å². The standard InChI is InChI=1S/C14H14F4N2O2/c1-9-2-3-10(8-11(9)15)13(22)20-7-6-19-12(21)4-5-14(16,17)18/h2-5,8H,6-7H2,1H3,(H,19,21)(H,20,22)/b5-4+. The first-order valence-electron chi connectivity index (χ1n) is 6.27. The van der Waals surface area contributed by atoms with Crippen molar-refractivity contribution < 1.29 is 27.2 Å². The van der Waals surface area contributed by atoms with Gasteiger partial charge >= 0.3 is 6.18 Å². The van der Waals surface area contributed by atoms with Crippen LogP contribution in [0.5, 0.6) is 0 Å². The third-order valence-electron chi connectivity index (χ3n) is 2.57. The lowest BCUT2D eigenvalue weighted by atomic mass is 10.1. The van der Waals surface area contributed by atoms with Crippen LogP contribution in [0.2, 0.25) is 0 Å². The molecule has 22 heavy (non-hydrogen) atoms. The third kappa shape index (κ3) is 6.38. The molecular weight excluding hydrogens is 304 g/mol. The summed E-state index contributed by atoms with van der Waals surface area (Å²) in [6.45, 7) is 1.50. The van der Waals surface area contributed by atoms with Crippen LogP contribution in [0.3, 0.4) is 0 Å². The van der Waals surface area contributed by atoms with Crippen LogP contribution in [-0.4, -0.2) is 31.1 Å². The molecule has 1 rings (SSSR count). The molecule has 0 spiro atoms. The van der Waals surface area contributed by atoms with Crippen molar-refractivity contribution in [3.8, 4) is 0 Å². The summed E-state index contributed by atoms with van der Waals surface area (Å²) in [5.74, 6) is -1.98. The molecule has 0 aliphatic carbocycles. The fourth-order valence-corrected chi connectivity index (χ4v) is 1.43. The van der Waals surface area contributed by atoms with Gasteiger partial charge in [0.05, 0.1) is 0 Å². The van der Waals surface area contributed by atoms with Gasteiger partial charge in [-0.25, -0.2) is 4.39 Å². The topological polar surface area (TPSA) is 58.2 Å². The highest BCUT2D eigenvalue weighted by Crippen LogP contribution is 2.15. The largest absolute Gasteiger partial charge is 0.409 e. The van der Waals surface area contributed by atoms with Gasteiger partial charge in [0.25, 0.3) is 5.91 Å². The highest BCUT2D eigenvalue weighted by molar-refractivity contribution is 5.94. The average Bonchev–Trinajstić information content (AvgIpc) is 2.43. The van der Waals surface area contributed by atoms with Gasteiger partial charge < -0.3 is 10.6 Å². The molecule has 0 aliphatic rings. The van der Waals surface area contributed by atoms with Crippen LogP contribution in [0, 0.1) is 12.7 Å². The number of hydrogen-bond acceptors (Lipinski definition) is 2. The normalized spacial score (nSPS) is 11.5. The van der Waals surface area contributed by atoms with Gasteiger partial charge in [0.2, 0.25) is 5.91 Å². The number of halogens is 4. The molecule has 2 amide bonds. The number of nitrogens with one attached hydrogen (secondary N) is 2. The minimum Gasteiger partial charge on any atom is -0.351 e. The molecule has 2 N–H and O–H groups in total. The molecule has 0 atom stereocenters. The highest BCUT2D eigenvalue weighted by Gasteiger charge is 2.22. The van der Waals surface area contributed by atoms with Gasteiger partial charge in [0, 0.05) is 30.8 Å². The van der Waals surface area contributed by atoms with Crippen molar-refractivity contribution in [1.82, 2.24) is 10.6 Å². The van der Waals surface area contributed by atoms with Crippen molar-refractivity contribution in [1.29, 1.82) is 0 Å². The Labute approximate surface area is 124 Å². The first-order valence-corrected chi connectivity index (χ1v) is 6.27. The van der Waals surface area contributed by atoms with Crippen LogP contribution in [-0.2, 0) is 4.79 Å². The SMILES string of the molecule is Cc1ccc(C(=O)NCCNC(=O)/C=C/C(F)(F)F)cc1F. The molecule has 1 aromatic rings. The Bertz CT molecular complexity index is 583. The van der Waals surface area contributed by atoms with E-state index in [1.165, 1.54) is 12.1 Å². The highest BCUT2D eigenvalue weighted by atomic mass is 19.4. The maximum Gasteiger partial charge on any atom is 0.409 e. The molecule has 1 aromatic carbocycles. The van der Waals surface area contributed by atoms with Crippen LogP contribution in [0.15, 0.2) is 30.4 Å². The summed E-state index contributed by atoms with van der Waals surface area (Å²) >= 11 is 0. The lowest BCUT2D eigenvalue weighted by Gasteiger charge is -2.07. The lowest BCUT2D eigenvalue weighted by Crippen LogP contribution is -2.34. The van der Waals surface area contributed by atoms with E-state index in [9.17, 15) is 27.2 Å². The summed E-state index contributed by atoms with van der Waals surface area (Å²) in [6.07, 6.45) is -4.38. The van der Waals surface area contributed by atoms with E-state index in [1.807, 2.05) is 0 Å². The van der Waals surface area contributed by atoms with Crippen molar-refractivity contribution in [2.75, 3.05) is 13.1 Å². The molecule has 4 nitrogen and oxygen atoms in total. The summed E-state index contributed by atoms with van der Waals surface area (Å²) < 4.78 is 48.7. The quantitative estimate of drug-likeness (QED) is 0.496. The van der Waals surface area contributed by atoms with Gasteiger partial charge in [-0.05, 0) is 24.6 Å². The molecule has 0 unspecified atom stereocenters. The zero-order chi connectivity index (χ0) is 16.8. The Morgan fingerprint density at radius 2 is 1.82 bits per heavy atom. The summed E-state index contributed by atoms with van der Waals surface area (Å²) in [5, 5.41) is 4.57. The average molecular weight is 318 g/mol. The number of carbonyl (C=O) groups is 2. The van der Waals surface area contributed by atoms with E-state index >= 15 is 0 Å². The van der Waals surface area contributed by atoms with Gasteiger partial charge in [0.15, 0.2) is 0 Å². The molecule has 0 bridgehead atoms. The van der Waals surface area contributed by atoms with E-state index in [4.69, 9.17) is 0 Å². The van der Waals surface area contributed by atoms with E-state index in [0.29, 0.717) is 11.6 Å². The fourth-order valence-electron chi connectivity index (χ4n) is 1.43. The van der Waals surface area contributed by atoms with Crippen LogP contribution in [0.4, 0.5) is 17.6 Å². The molecule has 0 radical (unpaired) electrons. The van der Waals surface area contributed by atoms with Crippen molar-refractivity contribution >= 4 is 11.8 Å². The minimum absolute atomic E-state index is 0.0000728. The van der Waals surface area contributed by atoms with Crippen LogP contribution < -0.4 is 10.6 Å². The maximum absolute atomic E-state index is 13.3. The third-order valence-corrected chi connectivity index (χ3v) is 2.57. The number of benzene rings is 1. The van der Waals surface area contributed by atoms with E-state index in [1.54, 1.807) is 6.92 Å². The zero-order valence-corrected chi connectivity index (χ0v) is 11.6. The summed E-state index contributed by atoms with van der Waals surface area (Å²) in [7, 11) is 0. The van der Waals surface area contributed by atoms with E-state index < -0.39 is 23.8 Å². The molecule has 0 fully saturated rings. The molecular formula is C14H14F4N2O2. The fraction of sp³-hybridized carbons (Fsp3) is 0.286. The Morgan fingerprint density at radius 3 is 2.41 bits per heavy atom. The van der Waals surface area contributed by atoms with Crippen molar-refractivity contribution in [2.45, 2.75) is 13.1 Å². The lowest BCUT2D eigenvalue weighted by molar-refractivity contribution is -0.117. The van der Waals surface area contributed by atoms with Crippen molar-refractivity contribution in [3.63, 3.8) is 0 Å². The van der Waals surface area contributed by atoms with Gasteiger partial charge in [0.1, 0.15) is 5.82 Å². The predicted molar refractivity (Wildman–Crippen MR) is 71.7 cm³/mol.